The van der Waals surface area contributed by atoms with Crippen molar-refractivity contribution in [1.29, 1.82) is 0 Å². The molecular weight excluding hydrogens is 512 g/mol. The van der Waals surface area contributed by atoms with E-state index in [9.17, 15) is 0 Å². The largest absolute Gasteiger partial charge is 0.378 e. The molecule has 10 heteroatoms. The van der Waals surface area contributed by atoms with E-state index in [1.165, 1.54) is 12.0 Å². The molecule has 0 amide bonds. The Labute approximate surface area is 235 Å². The van der Waals surface area contributed by atoms with Crippen LogP contribution in [0.2, 0.25) is 5.28 Å². The Kier molecular flexibility index (Phi) is 7.62. The summed E-state index contributed by atoms with van der Waals surface area (Å²) in [6, 6.07) is 4.51. The van der Waals surface area contributed by atoms with Crippen LogP contribution in [0.4, 0.5) is 17.5 Å². The summed E-state index contributed by atoms with van der Waals surface area (Å²) in [6.07, 6.45) is 8.73. The second-order valence-corrected chi connectivity index (χ2v) is 10.9. The Hall–Kier alpha value is -2.91. The highest BCUT2D eigenvalue weighted by atomic mass is 35.5. The number of ether oxygens (including phenoxy) is 1. The molecule has 208 valence electrons. The molecule has 7 rings (SSSR count). The van der Waals surface area contributed by atoms with Crippen LogP contribution in [0.1, 0.15) is 75.9 Å². The molecule has 1 unspecified atom stereocenters. The fraction of sp³-hybridized carbons (Fsp3) is 0.586. The van der Waals surface area contributed by atoms with Crippen molar-refractivity contribution in [2.24, 2.45) is 0 Å². The third-order valence-corrected chi connectivity index (χ3v) is 8.38. The Morgan fingerprint density at radius 2 is 1.74 bits per heavy atom. The van der Waals surface area contributed by atoms with Gasteiger partial charge in [-0.15, -0.1) is 0 Å². The van der Waals surface area contributed by atoms with Crippen LogP contribution in [-0.2, 0) is 11.2 Å². The van der Waals surface area contributed by atoms with Gasteiger partial charge in [-0.1, -0.05) is 19.9 Å². The number of piperidine rings is 1. The van der Waals surface area contributed by atoms with E-state index in [0.29, 0.717) is 5.28 Å². The molecule has 3 fully saturated rings. The molecule has 39 heavy (non-hydrogen) atoms. The van der Waals surface area contributed by atoms with E-state index in [1.807, 2.05) is 18.4 Å². The van der Waals surface area contributed by atoms with Gasteiger partial charge in [-0.2, -0.15) is 14.6 Å². The molecule has 6 heterocycles. The lowest BCUT2D eigenvalue weighted by atomic mass is 9.93. The zero-order chi connectivity index (χ0) is 26.9. The van der Waals surface area contributed by atoms with Crippen LogP contribution in [0.25, 0.3) is 11.2 Å². The minimum absolute atomic E-state index is 0.116. The number of rotatable bonds is 4. The zero-order valence-corrected chi connectivity index (χ0v) is 24.1. The number of halogens is 1. The summed E-state index contributed by atoms with van der Waals surface area (Å²) in [5, 5.41) is 5.54. The first-order valence-electron chi connectivity index (χ1n) is 14.6. The normalized spacial score (nSPS) is 21.2. The maximum absolute atomic E-state index is 6.46. The topological polar surface area (TPSA) is 74.9 Å². The van der Waals surface area contributed by atoms with E-state index in [-0.39, 0.29) is 6.04 Å². The van der Waals surface area contributed by atoms with Crippen molar-refractivity contribution in [3.63, 3.8) is 0 Å². The summed E-state index contributed by atoms with van der Waals surface area (Å²) in [6.45, 7) is 12.4. The van der Waals surface area contributed by atoms with Gasteiger partial charge in [0.15, 0.2) is 5.65 Å². The highest BCUT2D eigenvalue weighted by Gasteiger charge is 2.32. The number of allylic oxidation sites excluding steroid dienone is 2. The van der Waals surface area contributed by atoms with Crippen molar-refractivity contribution >= 4 is 40.3 Å². The van der Waals surface area contributed by atoms with Gasteiger partial charge in [-0.25, -0.2) is 9.97 Å². The number of morpholine rings is 1. The highest BCUT2D eigenvalue weighted by molar-refractivity contribution is 6.28. The van der Waals surface area contributed by atoms with Gasteiger partial charge in [-0.3, -0.25) is 0 Å². The Morgan fingerprint density at radius 1 is 0.923 bits per heavy atom. The molecule has 1 aliphatic carbocycles. The van der Waals surface area contributed by atoms with Gasteiger partial charge in [0.25, 0.3) is 0 Å². The molecule has 9 nitrogen and oxygen atoms in total. The number of nitrogens with zero attached hydrogens (tertiary/aromatic N) is 8. The Bertz CT molecular complexity index is 1360. The molecule has 0 N–H and O–H groups in total. The van der Waals surface area contributed by atoms with Crippen LogP contribution in [0.15, 0.2) is 18.2 Å². The first kappa shape index (κ1) is 26.3. The van der Waals surface area contributed by atoms with E-state index in [0.717, 1.165) is 118 Å². The van der Waals surface area contributed by atoms with Crippen LogP contribution in [0.3, 0.4) is 0 Å². The van der Waals surface area contributed by atoms with Gasteiger partial charge < -0.3 is 19.4 Å². The minimum atomic E-state index is 0.116. The number of hydrogen-bond donors (Lipinski definition) is 0. The standard InChI is InChI=1S/C27H33ClN8O.C2H6/c1-18-6-4-7-19-25(18)26(31-27(28)29-19)35-11-3-2-8-21(35)20-16-23-30-22(33-9-5-10-33)17-24(36(23)32-20)34-12-14-37-15-13-34;1-2/h6,16-17,21H,2-5,7-15H2,1H3;1-2H3. The average molecular weight is 551 g/mol. The van der Waals surface area contributed by atoms with Gasteiger partial charge in [0, 0.05) is 50.4 Å². The van der Waals surface area contributed by atoms with Crippen LogP contribution < -0.4 is 14.7 Å². The number of aryl methyl sites for hydroxylation is 1. The quantitative estimate of drug-likeness (QED) is 0.404. The minimum Gasteiger partial charge on any atom is -0.378 e. The zero-order valence-electron chi connectivity index (χ0n) is 23.4. The molecule has 0 aromatic carbocycles. The Morgan fingerprint density at radius 3 is 2.51 bits per heavy atom. The predicted molar refractivity (Wildman–Crippen MR) is 157 cm³/mol. The molecule has 3 aromatic rings. The number of aromatic nitrogens is 5. The van der Waals surface area contributed by atoms with Gasteiger partial charge in [0.05, 0.1) is 30.6 Å². The fourth-order valence-corrected chi connectivity index (χ4v) is 6.31. The van der Waals surface area contributed by atoms with E-state index in [2.05, 4.69) is 44.8 Å². The second-order valence-electron chi connectivity index (χ2n) is 10.5. The molecule has 0 saturated carbocycles. The summed E-state index contributed by atoms with van der Waals surface area (Å²) < 4.78 is 7.68. The van der Waals surface area contributed by atoms with Gasteiger partial charge in [0.1, 0.15) is 17.5 Å². The third kappa shape index (κ3) is 4.95. The summed E-state index contributed by atoms with van der Waals surface area (Å²) in [4.78, 5) is 21.6. The van der Waals surface area contributed by atoms with Crippen molar-refractivity contribution < 1.29 is 4.74 Å². The van der Waals surface area contributed by atoms with Crippen molar-refractivity contribution in [3.05, 3.63) is 40.4 Å². The van der Waals surface area contributed by atoms with Crippen molar-refractivity contribution in [2.75, 3.05) is 60.6 Å². The molecule has 0 spiro atoms. The van der Waals surface area contributed by atoms with Crippen molar-refractivity contribution in [1.82, 2.24) is 24.6 Å². The molecule has 1 atom stereocenters. The van der Waals surface area contributed by atoms with Gasteiger partial charge >= 0.3 is 0 Å². The van der Waals surface area contributed by atoms with Crippen LogP contribution in [-0.4, -0.2) is 70.5 Å². The van der Waals surface area contributed by atoms with Gasteiger partial charge in [-0.05, 0) is 62.6 Å². The van der Waals surface area contributed by atoms with Crippen LogP contribution >= 0.6 is 11.6 Å². The fourth-order valence-electron chi connectivity index (χ4n) is 6.13. The predicted octanol–water partition coefficient (Wildman–Crippen LogP) is 5.33. The molecule has 3 aromatic heterocycles. The smallest absolute Gasteiger partial charge is 0.224 e. The summed E-state index contributed by atoms with van der Waals surface area (Å²) in [5.41, 5.74) is 5.40. The van der Waals surface area contributed by atoms with E-state index >= 15 is 0 Å². The van der Waals surface area contributed by atoms with Crippen molar-refractivity contribution in [2.45, 2.75) is 65.3 Å². The molecule has 0 radical (unpaired) electrons. The molecule has 3 aliphatic heterocycles. The molecule has 4 aliphatic rings. The van der Waals surface area contributed by atoms with Crippen LogP contribution in [0, 0.1) is 0 Å². The molecule has 3 saturated heterocycles. The summed E-state index contributed by atoms with van der Waals surface area (Å²) in [5.74, 6) is 3.10. The number of hydrogen-bond acceptors (Lipinski definition) is 8. The lowest BCUT2D eigenvalue weighted by Gasteiger charge is -2.37. The van der Waals surface area contributed by atoms with E-state index < -0.39 is 0 Å². The van der Waals surface area contributed by atoms with Crippen LogP contribution in [0.5, 0.6) is 0 Å². The van der Waals surface area contributed by atoms with E-state index in [4.69, 9.17) is 31.4 Å². The molecule has 0 bridgehead atoms. The van der Waals surface area contributed by atoms with E-state index in [1.54, 1.807) is 0 Å². The maximum atomic E-state index is 6.46. The highest BCUT2D eigenvalue weighted by Crippen LogP contribution is 2.40. The third-order valence-electron chi connectivity index (χ3n) is 8.21. The lowest BCUT2D eigenvalue weighted by Crippen LogP contribution is -2.40. The molecular formula is C29H39ClN8O. The van der Waals surface area contributed by atoms with Gasteiger partial charge in [0.2, 0.25) is 5.28 Å². The maximum Gasteiger partial charge on any atom is 0.224 e. The monoisotopic (exact) mass is 550 g/mol. The number of fused-ring (bicyclic) bond motifs is 2. The first-order chi connectivity index (χ1) is 19.2. The average Bonchev–Trinajstić information content (AvgIpc) is 3.37. The summed E-state index contributed by atoms with van der Waals surface area (Å²) in [7, 11) is 0. The Balaban J connectivity index is 0.00000135. The first-order valence-corrected chi connectivity index (χ1v) is 15.0. The second kappa shape index (κ2) is 11.3. The van der Waals surface area contributed by atoms with Crippen molar-refractivity contribution in [3.8, 4) is 0 Å². The SMILES string of the molecule is CC.CC1=CCCc2nc(Cl)nc(N3CCCCC3c3cc4nc(N5CCC5)cc(N5CCOCC5)n4n3)c21. The summed E-state index contributed by atoms with van der Waals surface area (Å²) >= 11 is 6.46. The lowest BCUT2D eigenvalue weighted by molar-refractivity contribution is 0.122. The number of anilines is 3.